The number of ether oxygens (including phenoxy) is 1. The van der Waals surface area contributed by atoms with Crippen LogP contribution in [-0.2, 0) is 4.74 Å². The number of likely N-dealkylation sites (tertiary alicyclic amines) is 1. The summed E-state index contributed by atoms with van der Waals surface area (Å²) in [5.74, 6) is 0. The maximum absolute atomic E-state index is 5.25. The molecule has 0 aromatic carbocycles. The summed E-state index contributed by atoms with van der Waals surface area (Å²) >= 11 is 0. The Labute approximate surface area is 94.4 Å². The predicted molar refractivity (Wildman–Crippen MR) is 64.3 cm³/mol. The lowest BCUT2D eigenvalue weighted by Gasteiger charge is -2.22. The minimum atomic E-state index is 0.349. The molecule has 0 N–H and O–H groups in total. The second kappa shape index (κ2) is 7.20. The molecule has 0 aromatic rings. The van der Waals surface area contributed by atoms with Crippen LogP contribution in [0.2, 0.25) is 0 Å². The molecular formula is C12H26N2O. The molecule has 1 saturated heterocycles. The smallest absolute Gasteiger partial charge is 0.0669 e. The third-order valence-electron chi connectivity index (χ3n) is 3.18. The Bertz CT molecular complexity index is 158. The molecule has 0 aromatic heterocycles. The van der Waals surface area contributed by atoms with Crippen molar-refractivity contribution in [2.24, 2.45) is 0 Å². The summed E-state index contributed by atoms with van der Waals surface area (Å²) in [4.78, 5) is 4.94. The second-order valence-electron chi connectivity index (χ2n) is 4.71. The van der Waals surface area contributed by atoms with Gasteiger partial charge in [-0.1, -0.05) is 0 Å². The van der Waals surface area contributed by atoms with Crippen molar-refractivity contribution in [2.75, 3.05) is 46.9 Å². The van der Waals surface area contributed by atoms with Crippen molar-refractivity contribution >= 4 is 0 Å². The van der Waals surface area contributed by atoms with Gasteiger partial charge in [0.05, 0.1) is 6.10 Å². The van der Waals surface area contributed by atoms with Gasteiger partial charge >= 0.3 is 0 Å². The lowest BCUT2D eigenvalue weighted by atomic mass is 10.3. The predicted octanol–water partition coefficient (Wildman–Crippen LogP) is 1.44. The number of hydrogen-bond acceptors (Lipinski definition) is 3. The van der Waals surface area contributed by atoms with E-state index in [-0.39, 0.29) is 0 Å². The van der Waals surface area contributed by atoms with Gasteiger partial charge in [-0.2, -0.15) is 0 Å². The summed E-state index contributed by atoms with van der Waals surface area (Å²) in [5.41, 5.74) is 0. The first-order valence-corrected chi connectivity index (χ1v) is 6.16. The van der Waals surface area contributed by atoms with Gasteiger partial charge in [0.25, 0.3) is 0 Å². The standard InChI is InChI=1S/C12H26N2O/c1-12(15-3)11-13(2)7-6-10-14-8-4-5-9-14/h12H,4-11H2,1-3H3. The van der Waals surface area contributed by atoms with E-state index in [4.69, 9.17) is 4.74 Å². The minimum Gasteiger partial charge on any atom is -0.380 e. The van der Waals surface area contributed by atoms with Crippen LogP contribution in [0.4, 0.5) is 0 Å². The molecule has 1 unspecified atom stereocenters. The molecule has 0 bridgehead atoms. The molecule has 90 valence electrons. The van der Waals surface area contributed by atoms with Crippen molar-refractivity contribution in [3.63, 3.8) is 0 Å². The van der Waals surface area contributed by atoms with E-state index < -0.39 is 0 Å². The van der Waals surface area contributed by atoms with Crippen LogP contribution in [0, 0.1) is 0 Å². The third-order valence-corrected chi connectivity index (χ3v) is 3.18. The van der Waals surface area contributed by atoms with Crippen LogP contribution in [0.1, 0.15) is 26.2 Å². The fraction of sp³-hybridized carbons (Fsp3) is 1.00. The van der Waals surface area contributed by atoms with Gasteiger partial charge in [-0.3, -0.25) is 0 Å². The Kier molecular flexibility index (Phi) is 6.22. The lowest BCUT2D eigenvalue weighted by molar-refractivity contribution is 0.0845. The zero-order valence-electron chi connectivity index (χ0n) is 10.5. The molecule has 1 aliphatic heterocycles. The first-order valence-electron chi connectivity index (χ1n) is 6.16. The van der Waals surface area contributed by atoms with E-state index in [0.717, 1.165) is 6.54 Å². The number of rotatable bonds is 7. The van der Waals surface area contributed by atoms with E-state index in [1.807, 2.05) is 0 Å². The molecule has 1 heterocycles. The summed E-state index contributed by atoms with van der Waals surface area (Å²) in [6.45, 7) is 8.25. The molecule has 1 aliphatic rings. The molecule has 0 aliphatic carbocycles. The molecule has 15 heavy (non-hydrogen) atoms. The first-order chi connectivity index (χ1) is 7.22. The molecule has 1 fully saturated rings. The van der Waals surface area contributed by atoms with E-state index >= 15 is 0 Å². The molecular weight excluding hydrogens is 188 g/mol. The van der Waals surface area contributed by atoms with Crippen LogP contribution in [0.15, 0.2) is 0 Å². The van der Waals surface area contributed by atoms with Crippen molar-refractivity contribution in [1.82, 2.24) is 9.80 Å². The molecule has 1 atom stereocenters. The van der Waals surface area contributed by atoms with Gasteiger partial charge in [-0.15, -0.1) is 0 Å². The van der Waals surface area contributed by atoms with E-state index in [1.165, 1.54) is 45.4 Å². The van der Waals surface area contributed by atoms with Gasteiger partial charge in [0.2, 0.25) is 0 Å². The number of likely N-dealkylation sites (N-methyl/N-ethyl adjacent to an activating group) is 1. The quantitative estimate of drug-likeness (QED) is 0.638. The minimum absolute atomic E-state index is 0.349. The fourth-order valence-electron chi connectivity index (χ4n) is 2.18. The number of methoxy groups -OCH3 is 1. The Morgan fingerprint density at radius 1 is 1.33 bits per heavy atom. The van der Waals surface area contributed by atoms with Gasteiger partial charge < -0.3 is 14.5 Å². The summed E-state index contributed by atoms with van der Waals surface area (Å²) in [6, 6.07) is 0. The zero-order valence-corrected chi connectivity index (χ0v) is 10.5. The van der Waals surface area contributed by atoms with Crippen molar-refractivity contribution in [3.8, 4) is 0 Å². The first kappa shape index (κ1) is 12.9. The van der Waals surface area contributed by atoms with Crippen LogP contribution < -0.4 is 0 Å². The maximum atomic E-state index is 5.25. The van der Waals surface area contributed by atoms with E-state index in [0.29, 0.717) is 6.10 Å². The Morgan fingerprint density at radius 3 is 2.60 bits per heavy atom. The summed E-state index contributed by atoms with van der Waals surface area (Å²) in [7, 11) is 3.96. The zero-order chi connectivity index (χ0) is 11.1. The van der Waals surface area contributed by atoms with Crippen LogP contribution >= 0.6 is 0 Å². The van der Waals surface area contributed by atoms with Gasteiger partial charge in [0.15, 0.2) is 0 Å². The van der Waals surface area contributed by atoms with Gasteiger partial charge in [-0.05, 0) is 59.4 Å². The van der Waals surface area contributed by atoms with Crippen molar-refractivity contribution in [1.29, 1.82) is 0 Å². The number of nitrogens with zero attached hydrogens (tertiary/aromatic N) is 2. The molecule has 0 amide bonds. The monoisotopic (exact) mass is 214 g/mol. The lowest BCUT2D eigenvalue weighted by Crippen LogP contribution is -2.31. The highest BCUT2D eigenvalue weighted by Gasteiger charge is 2.11. The van der Waals surface area contributed by atoms with E-state index in [1.54, 1.807) is 7.11 Å². The van der Waals surface area contributed by atoms with E-state index in [2.05, 4.69) is 23.8 Å². The largest absolute Gasteiger partial charge is 0.380 e. The maximum Gasteiger partial charge on any atom is 0.0669 e. The number of hydrogen-bond donors (Lipinski definition) is 0. The highest BCUT2D eigenvalue weighted by Crippen LogP contribution is 2.07. The Hall–Kier alpha value is -0.120. The summed E-state index contributed by atoms with van der Waals surface area (Å²) in [5, 5.41) is 0. The van der Waals surface area contributed by atoms with Crippen LogP contribution in [0.5, 0.6) is 0 Å². The molecule has 1 rings (SSSR count). The molecule has 0 radical (unpaired) electrons. The summed E-state index contributed by atoms with van der Waals surface area (Å²) in [6.07, 6.45) is 4.43. The van der Waals surface area contributed by atoms with Gasteiger partial charge in [0, 0.05) is 13.7 Å². The van der Waals surface area contributed by atoms with Crippen molar-refractivity contribution < 1.29 is 4.74 Å². The third kappa shape index (κ3) is 5.50. The van der Waals surface area contributed by atoms with Crippen molar-refractivity contribution in [3.05, 3.63) is 0 Å². The van der Waals surface area contributed by atoms with Crippen molar-refractivity contribution in [2.45, 2.75) is 32.3 Å². The average Bonchev–Trinajstić information content (AvgIpc) is 2.70. The molecule has 3 heteroatoms. The molecule has 3 nitrogen and oxygen atoms in total. The summed E-state index contributed by atoms with van der Waals surface area (Å²) < 4.78 is 5.25. The Balaban J connectivity index is 1.98. The van der Waals surface area contributed by atoms with Gasteiger partial charge in [0.1, 0.15) is 0 Å². The second-order valence-corrected chi connectivity index (χ2v) is 4.71. The highest BCUT2D eigenvalue weighted by atomic mass is 16.5. The Morgan fingerprint density at radius 2 is 2.00 bits per heavy atom. The van der Waals surface area contributed by atoms with E-state index in [9.17, 15) is 0 Å². The average molecular weight is 214 g/mol. The van der Waals surface area contributed by atoms with Crippen LogP contribution in [-0.4, -0.2) is 62.8 Å². The van der Waals surface area contributed by atoms with Gasteiger partial charge in [-0.25, -0.2) is 0 Å². The molecule has 0 spiro atoms. The SMILES string of the molecule is COC(C)CN(C)CCCN1CCCC1. The van der Waals surface area contributed by atoms with Crippen LogP contribution in [0.3, 0.4) is 0 Å². The topological polar surface area (TPSA) is 15.7 Å². The molecule has 0 saturated carbocycles. The normalized spacial score (nSPS) is 20.0. The van der Waals surface area contributed by atoms with Crippen LogP contribution in [0.25, 0.3) is 0 Å². The fourth-order valence-corrected chi connectivity index (χ4v) is 2.18. The highest BCUT2D eigenvalue weighted by molar-refractivity contribution is 4.67.